The highest BCUT2D eigenvalue weighted by Crippen LogP contribution is 2.27. The van der Waals surface area contributed by atoms with E-state index in [1.54, 1.807) is 0 Å². The van der Waals surface area contributed by atoms with Gasteiger partial charge >= 0.3 is 0 Å². The average Bonchev–Trinajstić information content (AvgIpc) is 2.71. The van der Waals surface area contributed by atoms with Gasteiger partial charge in [0.05, 0.1) is 0 Å². The second-order valence-corrected chi connectivity index (χ2v) is 4.33. The predicted octanol–water partition coefficient (Wildman–Crippen LogP) is 1.17. The standard InChI is InChI=1S/C10H19FN2/c1-12-9-2-3-10(6-9)13-5-4-8(11)7-13/h8-10,12H,2-7H2,1H3. The van der Waals surface area contributed by atoms with Gasteiger partial charge in [0.2, 0.25) is 0 Å². The summed E-state index contributed by atoms with van der Waals surface area (Å²) in [7, 11) is 2.02. The topological polar surface area (TPSA) is 15.3 Å². The van der Waals surface area contributed by atoms with Crippen LogP contribution in [0.3, 0.4) is 0 Å². The Morgan fingerprint density at radius 3 is 2.69 bits per heavy atom. The molecule has 1 saturated heterocycles. The third-order valence-corrected chi connectivity index (χ3v) is 3.49. The Labute approximate surface area is 79.5 Å². The fraction of sp³-hybridized carbons (Fsp3) is 1.00. The molecule has 0 amide bonds. The summed E-state index contributed by atoms with van der Waals surface area (Å²) in [6.07, 6.45) is 3.91. The summed E-state index contributed by atoms with van der Waals surface area (Å²) in [4.78, 5) is 2.34. The normalized spacial score (nSPS) is 41.5. The molecule has 1 saturated carbocycles. The van der Waals surface area contributed by atoms with Crippen molar-refractivity contribution in [3.8, 4) is 0 Å². The van der Waals surface area contributed by atoms with Gasteiger partial charge in [0.25, 0.3) is 0 Å². The van der Waals surface area contributed by atoms with Crippen LogP contribution in [0.1, 0.15) is 25.7 Å². The van der Waals surface area contributed by atoms with Crippen LogP contribution in [0.2, 0.25) is 0 Å². The molecule has 0 bridgehead atoms. The minimum Gasteiger partial charge on any atom is -0.317 e. The van der Waals surface area contributed by atoms with Gasteiger partial charge in [-0.25, -0.2) is 4.39 Å². The number of likely N-dealkylation sites (tertiary alicyclic amines) is 1. The maximum absolute atomic E-state index is 12.9. The molecule has 0 spiro atoms. The highest BCUT2D eigenvalue weighted by Gasteiger charge is 2.32. The smallest absolute Gasteiger partial charge is 0.114 e. The number of halogens is 1. The Morgan fingerprint density at radius 1 is 1.31 bits per heavy atom. The quantitative estimate of drug-likeness (QED) is 0.696. The maximum atomic E-state index is 12.9. The van der Waals surface area contributed by atoms with E-state index in [-0.39, 0.29) is 0 Å². The lowest BCUT2D eigenvalue weighted by atomic mass is 10.2. The van der Waals surface area contributed by atoms with Gasteiger partial charge in [-0.05, 0) is 32.7 Å². The summed E-state index contributed by atoms with van der Waals surface area (Å²) >= 11 is 0. The molecule has 0 aromatic rings. The number of alkyl halides is 1. The van der Waals surface area contributed by atoms with Crippen molar-refractivity contribution < 1.29 is 4.39 Å². The number of hydrogen-bond donors (Lipinski definition) is 1. The molecule has 2 nitrogen and oxygen atoms in total. The van der Waals surface area contributed by atoms with E-state index in [4.69, 9.17) is 0 Å². The molecule has 0 aromatic heterocycles. The second-order valence-electron chi connectivity index (χ2n) is 4.33. The van der Waals surface area contributed by atoms with Crippen molar-refractivity contribution in [3.05, 3.63) is 0 Å². The van der Waals surface area contributed by atoms with Gasteiger partial charge in [0, 0.05) is 25.2 Å². The molecule has 3 unspecified atom stereocenters. The highest BCUT2D eigenvalue weighted by atomic mass is 19.1. The largest absolute Gasteiger partial charge is 0.317 e. The lowest BCUT2D eigenvalue weighted by Crippen LogP contribution is -2.33. The lowest BCUT2D eigenvalue weighted by Gasteiger charge is -2.23. The van der Waals surface area contributed by atoms with Crippen molar-refractivity contribution in [2.75, 3.05) is 20.1 Å². The fourth-order valence-corrected chi connectivity index (χ4v) is 2.63. The van der Waals surface area contributed by atoms with E-state index in [2.05, 4.69) is 10.2 Å². The molecule has 0 aromatic carbocycles. The van der Waals surface area contributed by atoms with Gasteiger partial charge in [-0.3, -0.25) is 4.90 Å². The van der Waals surface area contributed by atoms with Crippen LogP contribution in [0, 0.1) is 0 Å². The first-order valence-corrected chi connectivity index (χ1v) is 5.35. The molecule has 3 atom stereocenters. The zero-order valence-corrected chi connectivity index (χ0v) is 8.30. The minimum absolute atomic E-state index is 0.561. The van der Waals surface area contributed by atoms with Crippen LogP contribution < -0.4 is 5.32 Å². The van der Waals surface area contributed by atoms with Crippen molar-refractivity contribution in [2.24, 2.45) is 0 Å². The summed E-state index contributed by atoms with van der Waals surface area (Å²) in [6, 6.07) is 1.32. The monoisotopic (exact) mass is 186 g/mol. The molecule has 2 aliphatic rings. The molecular weight excluding hydrogens is 167 g/mol. The highest BCUT2D eigenvalue weighted by molar-refractivity contribution is 4.89. The van der Waals surface area contributed by atoms with Crippen molar-refractivity contribution in [2.45, 2.75) is 43.9 Å². The summed E-state index contributed by atoms with van der Waals surface area (Å²) in [5, 5.41) is 3.31. The average molecular weight is 186 g/mol. The van der Waals surface area contributed by atoms with E-state index in [1.165, 1.54) is 19.3 Å². The Bertz CT molecular complexity index is 174. The summed E-state index contributed by atoms with van der Waals surface area (Å²) in [5.74, 6) is 0. The third kappa shape index (κ3) is 2.02. The zero-order valence-electron chi connectivity index (χ0n) is 8.30. The fourth-order valence-electron chi connectivity index (χ4n) is 2.63. The minimum atomic E-state index is -0.561. The van der Waals surface area contributed by atoms with Crippen LogP contribution in [0.25, 0.3) is 0 Å². The van der Waals surface area contributed by atoms with Crippen molar-refractivity contribution >= 4 is 0 Å². The molecule has 0 radical (unpaired) electrons. The van der Waals surface area contributed by atoms with E-state index in [0.717, 1.165) is 13.0 Å². The van der Waals surface area contributed by atoms with Crippen LogP contribution in [0.5, 0.6) is 0 Å². The summed E-state index contributed by atoms with van der Waals surface area (Å²) in [5.41, 5.74) is 0. The van der Waals surface area contributed by atoms with Crippen LogP contribution in [0.15, 0.2) is 0 Å². The molecule has 2 fully saturated rings. The zero-order chi connectivity index (χ0) is 9.26. The molecule has 2 rings (SSSR count). The van der Waals surface area contributed by atoms with E-state index in [9.17, 15) is 4.39 Å². The summed E-state index contributed by atoms with van der Waals surface area (Å²) < 4.78 is 12.9. The number of nitrogens with one attached hydrogen (secondary N) is 1. The van der Waals surface area contributed by atoms with Crippen LogP contribution in [-0.4, -0.2) is 43.3 Å². The van der Waals surface area contributed by atoms with Crippen molar-refractivity contribution in [1.29, 1.82) is 0 Å². The van der Waals surface area contributed by atoms with Crippen molar-refractivity contribution in [3.63, 3.8) is 0 Å². The first kappa shape index (κ1) is 9.41. The van der Waals surface area contributed by atoms with Gasteiger partial charge in [-0.2, -0.15) is 0 Å². The molecule has 1 aliphatic carbocycles. The van der Waals surface area contributed by atoms with Gasteiger partial charge in [-0.1, -0.05) is 0 Å². The van der Waals surface area contributed by atoms with Gasteiger partial charge in [0.15, 0.2) is 0 Å². The number of hydrogen-bond acceptors (Lipinski definition) is 2. The molecule has 1 N–H and O–H groups in total. The number of rotatable bonds is 2. The van der Waals surface area contributed by atoms with Crippen LogP contribution in [-0.2, 0) is 0 Å². The Balaban J connectivity index is 1.82. The van der Waals surface area contributed by atoms with E-state index >= 15 is 0 Å². The first-order chi connectivity index (χ1) is 6.29. The van der Waals surface area contributed by atoms with E-state index < -0.39 is 6.17 Å². The van der Waals surface area contributed by atoms with Gasteiger partial charge in [0.1, 0.15) is 6.17 Å². The SMILES string of the molecule is CNC1CCC(N2CCC(F)C2)C1. The molecule has 76 valence electrons. The Hall–Kier alpha value is -0.150. The summed E-state index contributed by atoms with van der Waals surface area (Å²) in [6.45, 7) is 1.66. The Morgan fingerprint density at radius 2 is 2.15 bits per heavy atom. The Kier molecular flexibility index (Phi) is 2.84. The first-order valence-electron chi connectivity index (χ1n) is 5.35. The maximum Gasteiger partial charge on any atom is 0.114 e. The lowest BCUT2D eigenvalue weighted by molar-refractivity contribution is 0.221. The molecule has 1 heterocycles. The second kappa shape index (κ2) is 3.93. The number of nitrogens with zero attached hydrogens (tertiary/aromatic N) is 1. The molecule has 1 aliphatic heterocycles. The molecular formula is C10H19FN2. The van der Waals surface area contributed by atoms with E-state index in [0.29, 0.717) is 18.6 Å². The predicted molar refractivity (Wildman–Crippen MR) is 51.6 cm³/mol. The third-order valence-electron chi connectivity index (χ3n) is 3.49. The van der Waals surface area contributed by atoms with Crippen molar-refractivity contribution in [1.82, 2.24) is 10.2 Å². The van der Waals surface area contributed by atoms with Gasteiger partial charge in [-0.15, -0.1) is 0 Å². The molecule has 3 heteroatoms. The van der Waals surface area contributed by atoms with Crippen LogP contribution >= 0.6 is 0 Å². The van der Waals surface area contributed by atoms with Gasteiger partial charge < -0.3 is 5.32 Å². The molecule has 13 heavy (non-hydrogen) atoms. The van der Waals surface area contributed by atoms with E-state index in [1.807, 2.05) is 7.05 Å². The van der Waals surface area contributed by atoms with Crippen LogP contribution in [0.4, 0.5) is 4.39 Å².